The van der Waals surface area contributed by atoms with Crippen molar-refractivity contribution < 1.29 is 9.53 Å². The van der Waals surface area contributed by atoms with Crippen LogP contribution in [0.25, 0.3) is 0 Å². The van der Waals surface area contributed by atoms with Gasteiger partial charge in [0.15, 0.2) is 0 Å². The molecule has 1 aromatic heterocycles. The van der Waals surface area contributed by atoms with Gasteiger partial charge in [-0.1, -0.05) is 26.3 Å². The summed E-state index contributed by atoms with van der Waals surface area (Å²) < 4.78 is 5.66. The van der Waals surface area contributed by atoms with Crippen molar-refractivity contribution in [3.05, 3.63) is 23.9 Å². The van der Waals surface area contributed by atoms with Gasteiger partial charge in [-0.15, -0.1) is 0 Å². The number of hydrogen-bond acceptors (Lipinski definition) is 4. The lowest BCUT2D eigenvalue weighted by Gasteiger charge is -2.37. The second-order valence-electron chi connectivity index (χ2n) is 8.10. The Bertz CT molecular complexity index is 581. The molecule has 1 saturated heterocycles. The zero-order valence-electron chi connectivity index (χ0n) is 17.1. The van der Waals surface area contributed by atoms with E-state index in [1.54, 1.807) is 11.1 Å². The maximum atomic E-state index is 12.8. The summed E-state index contributed by atoms with van der Waals surface area (Å²) in [5, 5.41) is 0. The van der Waals surface area contributed by atoms with Crippen LogP contribution in [0.15, 0.2) is 18.3 Å². The van der Waals surface area contributed by atoms with Crippen LogP contribution < -0.4 is 4.90 Å². The van der Waals surface area contributed by atoms with Crippen LogP contribution >= 0.6 is 0 Å². The van der Waals surface area contributed by atoms with E-state index in [-0.39, 0.29) is 6.09 Å². The molecule has 2 heterocycles. The molecule has 0 aromatic carbocycles. The molecule has 26 heavy (non-hydrogen) atoms. The topological polar surface area (TPSA) is 45.7 Å². The highest BCUT2D eigenvalue weighted by Gasteiger charge is 2.30. The maximum Gasteiger partial charge on any atom is 0.416 e. The van der Waals surface area contributed by atoms with Crippen molar-refractivity contribution in [2.24, 2.45) is 0 Å². The zero-order valence-corrected chi connectivity index (χ0v) is 17.1. The number of likely N-dealkylation sites (tertiary alicyclic amines) is 1. The molecule has 5 heteroatoms. The van der Waals surface area contributed by atoms with Crippen LogP contribution in [0, 0.1) is 0 Å². The van der Waals surface area contributed by atoms with Gasteiger partial charge in [0.05, 0.1) is 0 Å². The quantitative estimate of drug-likeness (QED) is 0.701. The molecule has 1 unspecified atom stereocenters. The van der Waals surface area contributed by atoms with Crippen molar-refractivity contribution in [2.45, 2.75) is 78.4 Å². The third-order valence-electron chi connectivity index (χ3n) is 4.62. The number of carbonyl (C=O) groups excluding carboxylic acids is 1. The minimum absolute atomic E-state index is 0.308. The Morgan fingerprint density at radius 1 is 1.31 bits per heavy atom. The number of anilines is 1. The first-order valence-corrected chi connectivity index (χ1v) is 10.1. The summed E-state index contributed by atoms with van der Waals surface area (Å²) in [6.45, 7) is 12.8. The number of hydrogen-bond donors (Lipinski definition) is 0. The first kappa shape index (κ1) is 20.7. The first-order chi connectivity index (χ1) is 12.4. The molecule has 2 rings (SSSR count). The van der Waals surface area contributed by atoms with Crippen molar-refractivity contribution in [1.29, 1.82) is 0 Å². The molecule has 1 aliphatic heterocycles. The Morgan fingerprint density at radius 3 is 2.73 bits per heavy atom. The fraction of sp³-hybridized carbons (Fsp3) is 0.714. The number of aromatic nitrogens is 1. The molecule has 1 fully saturated rings. The molecule has 1 aliphatic rings. The van der Waals surface area contributed by atoms with Gasteiger partial charge in [0.25, 0.3) is 0 Å². The number of nitrogens with zero attached hydrogens (tertiary/aromatic N) is 3. The molecule has 1 atom stereocenters. The molecule has 0 saturated carbocycles. The summed E-state index contributed by atoms with van der Waals surface area (Å²) >= 11 is 0. The van der Waals surface area contributed by atoms with E-state index >= 15 is 0 Å². The Hall–Kier alpha value is -1.62. The molecule has 5 nitrogen and oxygen atoms in total. The third kappa shape index (κ3) is 5.44. The van der Waals surface area contributed by atoms with Crippen LogP contribution in [0.5, 0.6) is 0 Å². The lowest BCUT2D eigenvalue weighted by molar-refractivity contribution is 0.0578. The van der Waals surface area contributed by atoms with Crippen LogP contribution in [-0.4, -0.2) is 41.2 Å². The molecule has 0 radical (unpaired) electrons. The van der Waals surface area contributed by atoms with E-state index in [1.165, 1.54) is 12.8 Å². The van der Waals surface area contributed by atoms with E-state index in [9.17, 15) is 4.79 Å². The van der Waals surface area contributed by atoms with Crippen molar-refractivity contribution >= 4 is 11.9 Å². The Morgan fingerprint density at radius 2 is 2.08 bits per heavy atom. The lowest BCUT2D eigenvalue weighted by Crippen LogP contribution is -2.40. The first-order valence-electron chi connectivity index (χ1n) is 10.1. The van der Waals surface area contributed by atoms with Gasteiger partial charge in [-0.05, 0) is 65.6 Å². The Balaban J connectivity index is 2.36. The van der Waals surface area contributed by atoms with Crippen molar-refractivity contribution in [3.8, 4) is 0 Å². The van der Waals surface area contributed by atoms with E-state index in [0.717, 1.165) is 43.7 Å². The molecule has 0 N–H and O–H groups in total. The third-order valence-corrected chi connectivity index (χ3v) is 4.62. The number of amides is 1. The van der Waals surface area contributed by atoms with E-state index < -0.39 is 5.60 Å². The minimum Gasteiger partial charge on any atom is -0.443 e. The number of piperidine rings is 1. The average Bonchev–Trinajstić information content (AvgIpc) is 2.59. The number of pyridine rings is 1. The molecule has 146 valence electrons. The lowest BCUT2D eigenvalue weighted by atomic mass is 9.95. The fourth-order valence-corrected chi connectivity index (χ4v) is 3.62. The van der Waals surface area contributed by atoms with Crippen molar-refractivity contribution in [2.75, 3.05) is 24.5 Å². The zero-order chi connectivity index (χ0) is 19.2. The van der Waals surface area contributed by atoms with Gasteiger partial charge in [-0.2, -0.15) is 0 Å². The van der Waals surface area contributed by atoms with Crippen LogP contribution in [-0.2, 0) is 4.74 Å². The predicted molar refractivity (Wildman–Crippen MR) is 107 cm³/mol. The van der Waals surface area contributed by atoms with E-state index in [2.05, 4.69) is 29.8 Å². The monoisotopic (exact) mass is 361 g/mol. The summed E-state index contributed by atoms with van der Waals surface area (Å²) in [5.74, 6) is 0.761. The van der Waals surface area contributed by atoms with Crippen LogP contribution in [0.4, 0.5) is 10.6 Å². The van der Waals surface area contributed by atoms with Crippen molar-refractivity contribution in [3.63, 3.8) is 0 Å². The van der Waals surface area contributed by atoms with E-state index in [0.29, 0.717) is 12.6 Å². The molecule has 1 aromatic rings. The van der Waals surface area contributed by atoms with Gasteiger partial charge in [0, 0.05) is 24.3 Å². The van der Waals surface area contributed by atoms with Crippen molar-refractivity contribution in [1.82, 2.24) is 9.88 Å². The Labute approximate surface area is 158 Å². The molecular formula is C21H35N3O2. The highest BCUT2D eigenvalue weighted by molar-refractivity contribution is 5.87. The smallest absolute Gasteiger partial charge is 0.416 e. The summed E-state index contributed by atoms with van der Waals surface area (Å²) in [6, 6.07) is 4.44. The highest BCUT2D eigenvalue weighted by Crippen LogP contribution is 2.36. The van der Waals surface area contributed by atoms with Gasteiger partial charge >= 0.3 is 6.09 Å². The SMILES string of the molecule is CCCN(C(=O)OC(C)(C)C)c1ncccc1C1CCCCN1CCC. The van der Waals surface area contributed by atoms with Gasteiger partial charge in [-0.25, -0.2) is 9.78 Å². The molecule has 0 spiro atoms. The second kappa shape index (κ2) is 9.36. The van der Waals surface area contributed by atoms with Gasteiger partial charge in [0.1, 0.15) is 11.4 Å². The Kier molecular flexibility index (Phi) is 7.44. The highest BCUT2D eigenvalue weighted by atomic mass is 16.6. The summed E-state index contributed by atoms with van der Waals surface area (Å²) in [4.78, 5) is 21.7. The van der Waals surface area contributed by atoms with E-state index in [1.807, 2.05) is 26.8 Å². The van der Waals surface area contributed by atoms with Crippen LogP contribution in [0.3, 0.4) is 0 Å². The number of rotatable bonds is 6. The number of ether oxygens (including phenoxy) is 1. The minimum atomic E-state index is -0.517. The summed E-state index contributed by atoms with van der Waals surface area (Å²) in [7, 11) is 0. The largest absolute Gasteiger partial charge is 0.443 e. The number of carbonyl (C=O) groups is 1. The summed E-state index contributed by atoms with van der Waals surface area (Å²) in [6.07, 6.45) is 7.05. The van der Waals surface area contributed by atoms with Crippen LogP contribution in [0.1, 0.15) is 78.3 Å². The molecule has 0 bridgehead atoms. The van der Waals surface area contributed by atoms with E-state index in [4.69, 9.17) is 4.74 Å². The summed E-state index contributed by atoms with van der Waals surface area (Å²) in [5.41, 5.74) is 0.636. The van der Waals surface area contributed by atoms with Gasteiger partial charge in [0.2, 0.25) is 0 Å². The normalized spacial score (nSPS) is 18.6. The second-order valence-corrected chi connectivity index (χ2v) is 8.10. The molecule has 1 amide bonds. The molecular weight excluding hydrogens is 326 g/mol. The maximum absolute atomic E-state index is 12.8. The average molecular weight is 362 g/mol. The van der Waals surface area contributed by atoms with Gasteiger partial charge in [-0.3, -0.25) is 9.80 Å². The standard InChI is InChI=1S/C21H35N3O2/c1-6-14-23-16-9-8-12-18(23)17-11-10-13-22-19(17)24(15-7-2)20(25)26-21(3,4)5/h10-11,13,18H,6-9,12,14-16H2,1-5H3. The van der Waals surface area contributed by atoms with Crippen LogP contribution in [0.2, 0.25) is 0 Å². The van der Waals surface area contributed by atoms with Gasteiger partial charge < -0.3 is 4.74 Å². The fourth-order valence-electron chi connectivity index (χ4n) is 3.62. The predicted octanol–water partition coefficient (Wildman–Crippen LogP) is 5.17. The molecule has 0 aliphatic carbocycles.